The van der Waals surface area contributed by atoms with Gasteiger partial charge in [0.1, 0.15) is 19.6 Å². The summed E-state index contributed by atoms with van der Waals surface area (Å²) in [5, 5.41) is 2.86. The molecule has 2 aromatic carbocycles. The van der Waals surface area contributed by atoms with Gasteiger partial charge in [-0.2, -0.15) is 0 Å². The minimum Gasteiger partial charge on any atom is -0.449 e. The van der Waals surface area contributed by atoms with E-state index >= 15 is 0 Å². The molecule has 0 saturated carbocycles. The van der Waals surface area contributed by atoms with Crippen LogP contribution in [0.5, 0.6) is 0 Å². The summed E-state index contributed by atoms with van der Waals surface area (Å²) < 4.78 is 10.7. The van der Waals surface area contributed by atoms with Gasteiger partial charge in [0.2, 0.25) is 0 Å². The Kier molecular flexibility index (Phi) is 7.01. The molecule has 1 aliphatic heterocycles. The van der Waals surface area contributed by atoms with Crippen molar-refractivity contribution in [3.05, 3.63) is 64.7 Å². The highest BCUT2D eigenvalue weighted by Gasteiger charge is 2.20. The van der Waals surface area contributed by atoms with E-state index in [0.717, 1.165) is 49.7 Å². The predicted octanol–water partition coefficient (Wildman–Crippen LogP) is 1.90. The summed E-state index contributed by atoms with van der Waals surface area (Å²) in [6, 6.07) is 13.2. The van der Waals surface area contributed by atoms with Crippen LogP contribution in [-0.2, 0) is 20.8 Å². The summed E-state index contributed by atoms with van der Waals surface area (Å²) in [5.74, 6) is -0.845. The van der Waals surface area contributed by atoms with Crippen molar-refractivity contribution in [1.82, 2.24) is 0 Å². The van der Waals surface area contributed by atoms with Gasteiger partial charge in [-0.05, 0) is 44.0 Å². The number of carbonyl (C=O) groups is 2. The molecule has 29 heavy (non-hydrogen) atoms. The average Bonchev–Trinajstić information content (AvgIpc) is 2.72. The van der Waals surface area contributed by atoms with E-state index in [-0.39, 0.29) is 5.91 Å². The molecule has 0 unspecified atom stereocenters. The largest absolute Gasteiger partial charge is 0.449 e. The number of esters is 1. The van der Waals surface area contributed by atoms with E-state index in [9.17, 15) is 9.59 Å². The zero-order valence-corrected chi connectivity index (χ0v) is 17.3. The number of carbonyl (C=O) groups excluding carboxylic acids is 2. The minimum atomic E-state index is -0.890. The number of nitrogens with one attached hydrogen (secondary N) is 2. The lowest BCUT2D eigenvalue weighted by Crippen LogP contribution is -3.12. The Balaban J connectivity index is 1.55. The van der Waals surface area contributed by atoms with E-state index in [4.69, 9.17) is 9.47 Å². The predicted molar refractivity (Wildman–Crippen MR) is 111 cm³/mol. The first-order chi connectivity index (χ1) is 13.9. The number of hydrogen-bond acceptors (Lipinski definition) is 4. The van der Waals surface area contributed by atoms with E-state index in [1.165, 1.54) is 10.5 Å². The molecule has 1 fully saturated rings. The lowest BCUT2D eigenvalue weighted by atomic mass is 10.1. The molecule has 154 valence electrons. The lowest BCUT2D eigenvalue weighted by molar-refractivity contribution is -0.921. The number of ether oxygens (including phenoxy) is 2. The summed E-state index contributed by atoms with van der Waals surface area (Å²) in [7, 11) is 0. The molecular weight excluding hydrogens is 368 g/mol. The van der Waals surface area contributed by atoms with Gasteiger partial charge in [-0.1, -0.05) is 30.3 Å². The monoisotopic (exact) mass is 397 g/mol. The maximum Gasteiger partial charge on any atom is 0.338 e. The number of quaternary nitrogens is 1. The molecule has 1 saturated heterocycles. The number of amides is 1. The molecule has 3 rings (SSSR count). The number of benzene rings is 2. The Morgan fingerprint density at radius 2 is 1.69 bits per heavy atom. The summed E-state index contributed by atoms with van der Waals surface area (Å²) in [4.78, 5) is 26.4. The second-order valence-electron chi connectivity index (χ2n) is 7.54. The van der Waals surface area contributed by atoms with E-state index in [1.54, 1.807) is 19.1 Å². The highest BCUT2D eigenvalue weighted by molar-refractivity contribution is 5.98. The smallest absolute Gasteiger partial charge is 0.338 e. The molecule has 0 spiro atoms. The molecule has 1 amide bonds. The number of para-hydroxylation sites is 1. The fourth-order valence-electron chi connectivity index (χ4n) is 3.40. The Morgan fingerprint density at radius 1 is 1.07 bits per heavy atom. The van der Waals surface area contributed by atoms with Crippen molar-refractivity contribution >= 4 is 17.6 Å². The first-order valence-corrected chi connectivity index (χ1v) is 10.0. The number of rotatable bonds is 6. The van der Waals surface area contributed by atoms with Gasteiger partial charge < -0.3 is 19.7 Å². The maximum atomic E-state index is 12.5. The van der Waals surface area contributed by atoms with Crippen molar-refractivity contribution in [3.8, 4) is 0 Å². The molecule has 0 radical (unpaired) electrons. The Morgan fingerprint density at radius 3 is 2.31 bits per heavy atom. The van der Waals surface area contributed by atoms with Crippen molar-refractivity contribution in [2.75, 3.05) is 31.6 Å². The number of morpholine rings is 1. The number of aryl methyl sites for hydroxylation is 2. The second-order valence-corrected chi connectivity index (χ2v) is 7.54. The summed E-state index contributed by atoms with van der Waals surface area (Å²) >= 11 is 0. The first-order valence-electron chi connectivity index (χ1n) is 10.0. The van der Waals surface area contributed by atoms with Crippen LogP contribution in [0.2, 0.25) is 0 Å². The van der Waals surface area contributed by atoms with E-state index in [1.807, 2.05) is 44.2 Å². The SMILES string of the molecule is Cc1cccc(C)c1NC(=O)[C@H](C)OC(=O)c1ccc(C[NH+]2CCOCC2)cc1. The molecule has 2 aromatic rings. The van der Waals surface area contributed by atoms with Crippen molar-refractivity contribution in [2.45, 2.75) is 33.4 Å². The molecule has 0 bridgehead atoms. The van der Waals surface area contributed by atoms with E-state index < -0.39 is 12.1 Å². The molecular formula is C23H29N2O4+. The van der Waals surface area contributed by atoms with Gasteiger partial charge in [-0.25, -0.2) is 4.79 Å². The van der Waals surface area contributed by atoms with Crippen LogP contribution in [0.25, 0.3) is 0 Å². The topological polar surface area (TPSA) is 69.1 Å². The Labute approximate surface area is 171 Å². The van der Waals surface area contributed by atoms with Crippen LogP contribution in [0.4, 0.5) is 5.69 Å². The highest BCUT2D eigenvalue weighted by atomic mass is 16.5. The minimum absolute atomic E-state index is 0.344. The summed E-state index contributed by atoms with van der Waals surface area (Å²) in [6.07, 6.45) is -0.890. The van der Waals surface area contributed by atoms with Crippen LogP contribution < -0.4 is 10.2 Å². The molecule has 0 aromatic heterocycles. The third kappa shape index (κ3) is 5.65. The highest BCUT2D eigenvalue weighted by Crippen LogP contribution is 2.20. The standard InChI is InChI=1S/C23H28N2O4/c1-16-5-4-6-17(2)21(16)24-22(26)18(3)29-23(27)20-9-7-19(8-10-20)15-25-11-13-28-14-12-25/h4-10,18H,11-15H2,1-3H3,(H,24,26)/p+1/t18-/m0/s1. The van der Waals surface area contributed by atoms with Gasteiger partial charge in [0.05, 0.1) is 18.8 Å². The molecule has 1 atom stereocenters. The van der Waals surface area contributed by atoms with Crippen LogP contribution >= 0.6 is 0 Å². The zero-order chi connectivity index (χ0) is 20.8. The van der Waals surface area contributed by atoms with Gasteiger partial charge in [-0.3, -0.25) is 4.79 Å². The molecule has 0 aliphatic carbocycles. The second kappa shape index (κ2) is 9.67. The van der Waals surface area contributed by atoms with Gasteiger partial charge >= 0.3 is 5.97 Å². The fraction of sp³-hybridized carbons (Fsp3) is 0.391. The van der Waals surface area contributed by atoms with Crippen LogP contribution in [-0.4, -0.2) is 44.3 Å². The molecule has 6 nitrogen and oxygen atoms in total. The van der Waals surface area contributed by atoms with Crippen LogP contribution in [0.1, 0.15) is 34.0 Å². The molecule has 1 aliphatic rings. The van der Waals surface area contributed by atoms with Crippen molar-refractivity contribution in [2.24, 2.45) is 0 Å². The summed E-state index contributed by atoms with van der Waals surface area (Å²) in [6.45, 7) is 9.93. The van der Waals surface area contributed by atoms with Crippen molar-refractivity contribution < 1.29 is 24.0 Å². The van der Waals surface area contributed by atoms with Gasteiger partial charge in [0.25, 0.3) is 5.91 Å². The fourth-order valence-corrected chi connectivity index (χ4v) is 3.40. The molecule has 2 N–H and O–H groups in total. The number of hydrogen-bond donors (Lipinski definition) is 2. The quantitative estimate of drug-likeness (QED) is 0.731. The molecule has 6 heteroatoms. The Bertz CT molecular complexity index is 837. The van der Waals surface area contributed by atoms with Gasteiger partial charge in [-0.15, -0.1) is 0 Å². The van der Waals surface area contributed by atoms with Gasteiger partial charge in [0, 0.05) is 11.3 Å². The van der Waals surface area contributed by atoms with Crippen LogP contribution in [0.3, 0.4) is 0 Å². The molecule has 1 heterocycles. The van der Waals surface area contributed by atoms with Crippen LogP contribution in [0.15, 0.2) is 42.5 Å². The zero-order valence-electron chi connectivity index (χ0n) is 17.3. The maximum absolute atomic E-state index is 12.5. The first kappa shape index (κ1) is 21.0. The normalized spacial score (nSPS) is 15.6. The van der Waals surface area contributed by atoms with Gasteiger partial charge in [0.15, 0.2) is 6.10 Å². The van der Waals surface area contributed by atoms with Crippen LogP contribution in [0, 0.1) is 13.8 Å². The Hall–Kier alpha value is -2.70. The van der Waals surface area contributed by atoms with E-state index in [0.29, 0.717) is 5.56 Å². The van der Waals surface area contributed by atoms with E-state index in [2.05, 4.69) is 5.32 Å². The lowest BCUT2D eigenvalue weighted by Gasteiger charge is -2.23. The number of anilines is 1. The van der Waals surface area contributed by atoms with Crippen molar-refractivity contribution in [3.63, 3.8) is 0 Å². The van der Waals surface area contributed by atoms with Crippen molar-refractivity contribution in [1.29, 1.82) is 0 Å². The summed E-state index contributed by atoms with van der Waals surface area (Å²) in [5.41, 5.74) is 4.30. The third-order valence-electron chi connectivity index (χ3n) is 5.23. The average molecular weight is 397 g/mol. The third-order valence-corrected chi connectivity index (χ3v) is 5.23.